The third-order valence-corrected chi connectivity index (χ3v) is 5.22. The van der Waals surface area contributed by atoms with Gasteiger partial charge in [0.25, 0.3) is 5.95 Å². The summed E-state index contributed by atoms with van der Waals surface area (Å²) in [6, 6.07) is 16.3. The number of anilines is 2. The van der Waals surface area contributed by atoms with Gasteiger partial charge in [-0.1, -0.05) is 30.7 Å². The van der Waals surface area contributed by atoms with Crippen LogP contribution in [0.15, 0.2) is 74.7 Å². The SMILES string of the molecule is CCCn1c(=O)nc(Nc2ccc(Oc3ccc(C(=O)O)o3)cc2)n(Cc2ccc(Cl)cc2)c1=O. The Morgan fingerprint density at radius 1 is 1.06 bits per heavy atom. The van der Waals surface area contributed by atoms with E-state index in [9.17, 15) is 14.4 Å². The molecule has 2 heterocycles. The zero-order valence-corrected chi connectivity index (χ0v) is 19.4. The minimum absolute atomic E-state index is 0.0288. The van der Waals surface area contributed by atoms with Crippen molar-refractivity contribution in [3.8, 4) is 11.7 Å². The summed E-state index contributed by atoms with van der Waals surface area (Å²) in [4.78, 5) is 40.7. The number of nitrogens with one attached hydrogen (secondary N) is 1. The van der Waals surface area contributed by atoms with E-state index in [1.165, 1.54) is 16.7 Å². The highest BCUT2D eigenvalue weighted by Crippen LogP contribution is 2.26. The van der Waals surface area contributed by atoms with E-state index in [2.05, 4.69) is 10.3 Å². The Balaban J connectivity index is 1.60. The van der Waals surface area contributed by atoms with E-state index in [0.717, 1.165) is 10.1 Å². The van der Waals surface area contributed by atoms with Crippen molar-refractivity contribution >= 4 is 29.2 Å². The van der Waals surface area contributed by atoms with Crippen molar-refractivity contribution in [3.05, 3.63) is 98.0 Å². The average molecular weight is 497 g/mol. The molecule has 0 saturated heterocycles. The van der Waals surface area contributed by atoms with Crippen molar-refractivity contribution in [2.24, 2.45) is 0 Å². The van der Waals surface area contributed by atoms with E-state index in [1.807, 2.05) is 6.92 Å². The molecule has 0 amide bonds. The Kier molecular flexibility index (Phi) is 7.02. The molecule has 10 nitrogen and oxygen atoms in total. The summed E-state index contributed by atoms with van der Waals surface area (Å²) in [5.41, 5.74) is 0.244. The summed E-state index contributed by atoms with van der Waals surface area (Å²) >= 11 is 5.97. The standard InChI is InChI=1S/C24H21ClN4O6/c1-2-13-28-23(32)27-22(29(24(28)33)14-15-3-5-16(25)6-4-15)26-17-7-9-18(10-8-17)34-20-12-11-19(35-20)21(30)31/h3-12H,2,13-14H2,1H3,(H,30,31)(H,26,27,32). The van der Waals surface area contributed by atoms with Crippen LogP contribution in [0.4, 0.5) is 11.6 Å². The van der Waals surface area contributed by atoms with E-state index in [-0.39, 0.29) is 30.7 Å². The number of furan rings is 1. The van der Waals surface area contributed by atoms with Crippen LogP contribution in [0.1, 0.15) is 29.5 Å². The third kappa shape index (κ3) is 5.61. The fraction of sp³-hybridized carbons (Fsp3) is 0.167. The van der Waals surface area contributed by atoms with Gasteiger partial charge in [-0.2, -0.15) is 4.98 Å². The van der Waals surface area contributed by atoms with Crippen LogP contribution in [0.5, 0.6) is 11.7 Å². The lowest BCUT2D eigenvalue weighted by Crippen LogP contribution is -2.42. The van der Waals surface area contributed by atoms with E-state index in [0.29, 0.717) is 22.9 Å². The number of hydrogen-bond acceptors (Lipinski definition) is 7. The summed E-state index contributed by atoms with van der Waals surface area (Å²) in [6.07, 6.45) is 0.607. The van der Waals surface area contributed by atoms with Crippen LogP contribution in [0.2, 0.25) is 5.02 Å². The summed E-state index contributed by atoms with van der Waals surface area (Å²) in [7, 11) is 0. The van der Waals surface area contributed by atoms with Crippen molar-refractivity contribution in [1.82, 2.24) is 14.1 Å². The van der Waals surface area contributed by atoms with Crippen molar-refractivity contribution in [3.63, 3.8) is 0 Å². The Hall–Kier alpha value is -4.31. The van der Waals surface area contributed by atoms with Gasteiger partial charge in [-0.15, -0.1) is 0 Å². The van der Waals surface area contributed by atoms with Gasteiger partial charge in [0, 0.05) is 23.3 Å². The first-order chi connectivity index (χ1) is 16.8. The molecule has 0 aliphatic rings. The lowest BCUT2D eigenvalue weighted by atomic mass is 10.2. The van der Waals surface area contributed by atoms with Crippen molar-refractivity contribution in [1.29, 1.82) is 0 Å². The summed E-state index contributed by atoms with van der Waals surface area (Å²) in [5.74, 6) is -0.917. The van der Waals surface area contributed by atoms with Gasteiger partial charge in [-0.3, -0.25) is 4.57 Å². The monoisotopic (exact) mass is 496 g/mol. The second kappa shape index (κ2) is 10.3. The van der Waals surface area contributed by atoms with Crippen LogP contribution in [0, 0.1) is 0 Å². The molecule has 0 atom stereocenters. The van der Waals surface area contributed by atoms with Crippen molar-refractivity contribution in [2.75, 3.05) is 5.32 Å². The molecular weight excluding hydrogens is 476 g/mol. The quantitative estimate of drug-likeness (QED) is 0.350. The zero-order valence-electron chi connectivity index (χ0n) is 18.6. The molecule has 180 valence electrons. The molecule has 2 N–H and O–H groups in total. The van der Waals surface area contributed by atoms with Crippen molar-refractivity contribution in [2.45, 2.75) is 26.4 Å². The first-order valence-corrected chi connectivity index (χ1v) is 11.1. The maximum Gasteiger partial charge on any atom is 0.371 e. The number of hydrogen-bond donors (Lipinski definition) is 2. The van der Waals surface area contributed by atoms with Gasteiger partial charge in [0.2, 0.25) is 11.7 Å². The number of carboxylic acids is 1. The third-order valence-electron chi connectivity index (χ3n) is 4.97. The molecule has 0 unspecified atom stereocenters. The van der Waals surface area contributed by atoms with E-state index in [4.69, 9.17) is 25.9 Å². The van der Waals surface area contributed by atoms with Crippen LogP contribution < -0.4 is 21.4 Å². The molecule has 2 aromatic carbocycles. The number of carboxylic acid groups (broad SMARTS) is 1. The number of aromatic nitrogens is 3. The second-order valence-corrected chi connectivity index (χ2v) is 7.98. The normalized spacial score (nSPS) is 10.8. The van der Waals surface area contributed by atoms with Gasteiger partial charge < -0.3 is 19.6 Å². The molecule has 35 heavy (non-hydrogen) atoms. The molecule has 4 rings (SSSR count). The van der Waals surface area contributed by atoms with Crippen LogP contribution in [0.3, 0.4) is 0 Å². The molecule has 0 spiro atoms. The Bertz CT molecular complexity index is 1460. The number of halogens is 1. The van der Waals surface area contributed by atoms with Crippen LogP contribution >= 0.6 is 11.6 Å². The fourth-order valence-electron chi connectivity index (χ4n) is 3.30. The summed E-state index contributed by atoms with van der Waals surface area (Å²) < 4.78 is 13.1. The molecule has 0 bridgehead atoms. The number of nitrogens with zero attached hydrogens (tertiary/aromatic N) is 3. The molecule has 0 saturated carbocycles. The summed E-state index contributed by atoms with van der Waals surface area (Å²) in [5, 5.41) is 12.5. The number of benzene rings is 2. The smallest absolute Gasteiger partial charge is 0.371 e. The highest BCUT2D eigenvalue weighted by atomic mass is 35.5. The predicted octanol–water partition coefficient (Wildman–Crippen LogP) is 4.34. The van der Waals surface area contributed by atoms with E-state index >= 15 is 0 Å². The maximum atomic E-state index is 13.1. The average Bonchev–Trinajstić information content (AvgIpc) is 3.31. The highest BCUT2D eigenvalue weighted by Gasteiger charge is 2.14. The minimum Gasteiger partial charge on any atom is -0.475 e. The number of aromatic carboxylic acids is 1. The van der Waals surface area contributed by atoms with Crippen LogP contribution in [-0.4, -0.2) is 25.2 Å². The summed E-state index contributed by atoms with van der Waals surface area (Å²) in [6.45, 7) is 2.31. The highest BCUT2D eigenvalue weighted by molar-refractivity contribution is 6.30. The largest absolute Gasteiger partial charge is 0.475 e. The van der Waals surface area contributed by atoms with Crippen molar-refractivity contribution < 1.29 is 19.1 Å². The molecule has 4 aromatic rings. The topological polar surface area (TPSA) is 129 Å². The lowest BCUT2D eigenvalue weighted by Gasteiger charge is -2.15. The van der Waals surface area contributed by atoms with Crippen LogP contribution in [0.25, 0.3) is 0 Å². The maximum absolute atomic E-state index is 13.1. The predicted molar refractivity (Wildman–Crippen MR) is 129 cm³/mol. The Morgan fingerprint density at radius 3 is 2.40 bits per heavy atom. The van der Waals surface area contributed by atoms with Gasteiger partial charge in [0.05, 0.1) is 6.54 Å². The lowest BCUT2D eigenvalue weighted by molar-refractivity contribution is 0.0657. The number of carbonyl (C=O) groups is 1. The first kappa shape index (κ1) is 23.8. The molecule has 0 radical (unpaired) electrons. The van der Waals surface area contributed by atoms with Gasteiger partial charge in [-0.25, -0.2) is 19.0 Å². The zero-order chi connectivity index (χ0) is 24.9. The second-order valence-electron chi connectivity index (χ2n) is 7.54. The van der Waals surface area contributed by atoms with E-state index < -0.39 is 17.3 Å². The van der Waals surface area contributed by atoms with E-state index in [1.54, 1.807) is 48.5 Å². The Morgan fingerprint density at radius 2 is 1.77 bits per heavy atom. The van der Waals surface area contributed by atoms with Gasteiger partial charge in [0.1, 0.15) is 5.75 Å². The number of rotatable bonds is 9. The molecule has 11 heteroatoms. The molecule has 0 aliphatic carbocycles. The molecule has 2 aromatic heterocycles. The van der Waals surface area contributed by atoms with Gasteiger partial charge in [0.15, 0.2) is 0 Å². The first-order valence-electron chi connectivity index (χ1n) is 10.7. The number of ether oxygens (including phenoxy) is 1. The molecule has 0 fully saturated rings. The van der Waals surface area contributed by atoms with Gasteiger partial charge in [-0.05, 0) is 54.4 Å². The fourth-order valence-corrected chi connectivity index (χ4v) is 3.42. The minimum atomic E-state index is -1.20. The van der Waals surface area contributed by atoms with Crippen LogP contribution in [-0.2, 0) is 13.1 Å². The molecule has 0 aliphatic heterocycles. The van der Waals surface area contributed by atoms with Gasteiger partial charge >= 0.3 is 17.3 Å². The Labute approximate surface area is 204 Å². The molecular formula is C24H21ClN4O6.